The minimum Gasteiger partial charge on any atom is -0.417 e. The van der Waals surface area contributed by atoms with Gasteiger partial charge >= 0.3 is 6.18 Å². The summed E-state index contributed by atoms with van der Waals surface area (Å²) in [5, 5.41) is 13.5. The maximum Gasteiger partial charge on any atom is 0.437 e. The predicted octanol–water partition coefficient (Wildman–Crippen LogP) is 5.07. The maximum absolute atomic E-state index is 13.7. The number of rotatable bonds is 5. The zero-order chi connectivity index (χ0) is 26.9. The molecule has 1 amide bonds. The second-order valence-electron chi connectivity index (χ2n) is 10.1. The Kier molecular flexibility index (Phi) is 7.04. The van der Waals surface area contributed by atoms with Crippen LogP contribution in [0.2, 0.25) is 0 Å². The summed E-state index contributed by atoms with van der Waals surface area (Å²) in [5.74, 6) is -0.971. The second kappa shape index (κ2) is 10.3. The Bertz CT molecular complexity index is 1260. The Morgan fingerprint density at radius 2 is 1.84 bits per heavy atom. The lowest BCUT2D eigenvalue weighted by molar-refractivity contribution is -0.141. The first-order valence-corrected chi connectivity index (χ1v) is 12.8. The van der Waals surface area contributed by atoms with E-state index in [-0.39, 0.29) is 11.7 Å². The molecular formula is C27H30F3N5O3. The molecule has 3 aromatic rings. The summed E-state index contributed by atoms with van der Waals surface area (Å²) in [6.07, 6.45) is -0.601. The van der Waals surface area contributed by atoms with Gasteiger partial charge in [-0.3, -0.25) is 4.79 Å². The number of halogens is 3. The Balaban J connectivity index is 1.26. The van der Waals surface area contributed by atoms with E-state index in [1.165, 1.54) is 6.20 Å². The number of alkyl halides is 3. The summed E-state index contributed by atoms with van der Waals surface area (Å²) in [5.41, 5.74) is -1.13. The fraction of sp³-hybridized carbons (Fsp3) is 0.444. The lowest BCUT2D eigenvalue weighted by Gasteiger charge is -2.39. The number of piperidine rings is 2. The van der Waals surface area contributed by atoms with Crippen molar-refractivity contribution in [3.63, 3.8) is 0 Å². The van der Waals surface area contributed by atoms with Crippen molar-refractivity contribution >= 4 is 23.4 Å². The monoisotopic (exact) mass is 529 g/mol. The second-order valence-corrected chi connectivity index (χ2v) is 10.1. The van der Waals surface area contributed by atoms with Gasteiger partial charge in [0, 0.05) is 26.2 Å². The molecule has 1 atom stereocenters. The van der Waals surface area contributed by atoms with Crippen LogP contribution < -0.4 is 15.1 Å². The molecule has 2 aliphatic rings. The lowest BCUT2D eigenvalue weighted by Crippen LogP contribution is -2.42. The standard InChI is InChI=1S/C27H30F3N5O3/c1-18-6-5-13-35(17-18)25-33-23(27(28,29)30)22(38-25)24(36)32-20-9-10-21(31-16-20)34-14-11-26(37,12-15-34)19-7-3-2-4-8-19/h2-4,7-10,16,18,37H,5-6,11-15,17H2,1H3,(H,32,36). The number of oxazole rings is 1. The predicted molar refractivity (Wildman–Crippen MR) is 136 cm³/mol. The molecule has 1 unspecified atom stereocenters. The Labute approximate surface area is 218 Å². The van der Waals surface area contributed by atoms with Crippen molar-refractivity contribution < 1.29 is 27.5 Å². The molecule has 5 rings (SSSR count). The van der Waals surface area contributed by atoms with E-state index in [1.54, 1.807) is 17.0 Å². The zero-order valence-corrected chi connectivity index (χ0v) is 21.0. The maximum atomic E-state index is 13.7. The highest BCUT2D eigenvalue weighted by Gasteiger charge is 2.42. The van der Waals surface area contributed by atoms with Crippen LogP contribution in [0.5, 0.6) is 0 Å². The van der Waals surface area contributed by atoms with Gasteiger partial charge in [-0.25, -0.2) is 4.98 Å². The van der Waals surface area contributed by atoms with E-state index in [9.17, 15) is 23.1 Å². The van der Waals surface area contributed by atoms with E-state index >= 15 is 0 Å². The first-order valence-electron chi connectivity index (χ1n) is 12.8. The molecule has 0 bridgehead atoms. The van der Waals surface area contributed by atoms with E-state index in [2.05, 4.69) is 15.3 Å². The normalized spacial score (nSPS) is 19.9. The van der Waals surface area contributed by atoms with Crippen LogP contribution in [0.25, 0.3) is 0 Å². The van der Waals surface area contributed by atoms with Gasteiger partial charge in [0.2, 0.25) is 5.76 Å². The van der Waals surface area contributed by atoms with Crippen LogP contribution in [-0.2, 0) is 11.8 Å². The number of nitrogens with zero attached hydrogens (tertiary/aromatic N) is 4. The molecule has 0 aliphatic carbocycles. The number of anilines is 3. The van der Waals surface area contributed by atoms with Gasteiger partial charge in [-0.05, 0) is 49.3 Å². The number of carbonyl (C=O) groups is 1. The van der Waals surface area contributed by atoms with E-state index in [0.717, 1.165) is 18.4 Å². The third-order valence-corrected chi connectivity index (χ3v) is 7.25. The Morgan fingerprint density at radius 3 is 2.47 bits per heavy atom. The average molecular weight is 530 g/mol. The van der Waals surface area contributed by atoms with Crippen molar-refractivity contribution in [2.45, 2.75) is 44.4 Å². The van der Waals surface area contributed by atoms with Crippen LogP contribution in [0.3, 0.4) is 0 Å². The number of hydrogen-bond donors (Lipinski definition) is 2. The molecule has 11 heteroatoms. The molecule has 0 spiro atoms. The molecule has 2 saturated heterocycles. The molecule has 8 nitrogen and oxygen atoms in total. The van der Waals surface area contributed by atoms with Crippen molar-refractivity contribution in [3.8, 4) is 0 Å². The van der Waals surface area contributed by atoms with Crippen LogP contribution in [0.4, 0.5) is 30.7 Å². The minimum absolute atomic E-state index is 0.192. The first-order chi connectivity index (χ1) is 18.1. The smallest absolute Gasteiger partial charge is 0.417 e. The van der Waals surface area contributed by atoms with E-state index in [1.807, 2.05) is 42.2 Å². The number of pyridine rings is 1. The SMILES string of the molecule is CC1CCCN(c2nc(C(F)(F)F)c(C(=O)Nc3ccc(N4CCC(O)(c5ccccc5)CC4)nc3)o2)C1. The summed E-state index contributed by atoms with van der Waals surface area (Å²) in [6.45, 7) is 4.21. The molecule has 0 saturated carbocycles. The fourth-order valence-corrected chi connectivity index (χ4v) is 5.13. The van der Waals surface area contributed by atoms with E-state index < -0.39 is 29.1 Å². The van der Waals surface area contributed by atoms with Crippen LogP contribution in [0.1, 0.15) is 54.4 Å². The van der Waals surface area contributed by atoms with Crippen LogP contribution >= 0.6 is 0 Å². The number of hydrogen-bond acceptors (Lipinski definition) is 7. The highest BCUT2D eigenvalue weighted by atomic mass is 19.4. The van der Waals surface area contributed by atoms with Crippen molar-refractivity contribution in [2.24, 2.45) is 5.92 Å². The Morgan fingerprint density at radius 1 is 1.11 bits per heavy atom. The first kappa shape index (κ1) is 26.0. The molecule has 1 aromatic carbocycles. The molecular weight excluding hydrogens is 499 g/mol. The fourth-order valence-electron chi connectivity index (χ4n) is 5.13. The van der Waals surface area contributed by atoms with Crippen molar-refractivity contribution in [1.29, 1.82) is 0 Å². The van der Waals surface area contributed by atoms with Crippen LogP contribution in [-0.4, -0.2) is 47.2 Å². The average Bonchev–Trinajstić information content (AvgIpc) is 3.37. The molecule has 38 heavy (non-hydrogen) atoms. The van der Waals surface area contributed by atoms with Crippen molar-refractivity contribution in [1.82, 2.24) is 9.97 Å². The summed E-state index contributed by atoms with van der Waals surface area (Å²) >= 11 is 0. The quantitative estimate of drug-likeness (QED) is 0.477. The van der Waals surface area contributed by atoms with E-state index in [4.69, 9.17) is 4.42 Å². The van der Waals surface area contributed by atoms with Gasteiger partial charge in [0.25, 0.3) is 11.9 Å². The van der Waals surface area contributed by atoms with Crippen LogP contribution in [0.15, 0.2) is 53.1 Å². The van der Waals surface area contributed by atoms with Gasteiger partial charge in [0.1, 0.15) is 5.82 Å². The van der Waals surface area contributed by atoms with Crippen molar-refractivity contribution in [3.05, 3.63) is 65.7 Å². The molecule has 2 fully saturated rings. The lowest BCUT2D eigenvalue weighted by atomic mass is 9.84. The topological polar surface area (TPSA) is 94.7 Å². The number of aromatic nitrogens is 2. The van der Waals surface area contributed by atoms with Gasteiger partial charge in [0.15, 0.2) is 5.69 Å². The summed E-state index contributed by atoms with van der Waals surface area (Å²) in [7, 11) is 0. The Hall–Kier alpha value is -3.60. The minimum atomic E-state index is -4.84. The van der Waals surface area contributed by atoms with Crippen molar-refractivity contribution in [2.75, 3.05) is 41.3 Å². The summed E-state index contributed by atoms with van der Waals surface area (Å²) in [4.78, 5) is 24.5. The van der Waals surface area contributed by atoms with Crippen LogP contribution in [0, 0.1) is 5.92 Å². The highest BCUT2D eigenvalue weighted by molar-refractivity contribution is 6.03. The summed E-state index contributed by atoms with van der Waals surface area (Å²) in [6, 6.07) is 12.6. The molecule has 2 aromatic heterocycles. The number of amides is 1. The van der Waals surface area contributed by atoms with Gasteiger partial charge in [-0.15, -0.1) is 0 Å². The van der Waals surface area contributed by atoms with Gasteiger partial charge in [-0.1, -0.05) is 37.3 Å². The summed E-state index contributed by atoms with van der Waals surface area (Å²) < 4.78 is 46.4. The molecule has 202 valence electrons. The number of carbonyl (C=O) groups excluding carboxylic acids is 1. The number of nitrogens with one attached hydrogen (secondary N) is 1. The van der Waals surface area contributed by atoms with E-state index in [0.29, 0.717) is 50.8 Å². The third kappa shape index (κ3) is 5.47. The van der Waals surface area contributed by atoms with Gasteiger partial charge < -0.3 is 24.6 Å². The molecule has 2 N–H and O–H groups in total. The molecule has 2 aliphatic heterocycles. The molecule has 4 heterocycles. The zero-order valence-electron chi connectivity index (χ0n) is 21.0. The van der Waals surface area contributed by atoms with Gasteiger partial charge in [0.05, 0.1) is 17.5 Å². The molecule has 0 radical (unpaired) electrons. The number of benzene rings is 1. The third-order valence-electron chi connectivity index (χ3n) is 7.25. The number of aliphatic hydroxyl groups is 1. The highest BCUT2D eigenvalue weighted by Crippen LogP contribution is 2.36. The largest absolute Gasteiger partial charge is 0.437 e. The van der Waals surface area contributed by atoms with Gasteiger partial charge in [-0.2, -0.15) is 18.2 Å².